The fraction of sp³-hybridized carbons (Fsp3) is 0.211. The Morgan fingerprint density at radius 1 is 0.962 bits per heavy atom. The zero-order chi connectivity index (χ0) is 19.1. The number of ether oxygens (including phenoxy) is 1. The lowest BCUT2D eigenvalue weighted by Crippen LogP contribution is -2.41. The molecule has 2 rings (SSSR count). The highest BCUT2D eigenvalue weighted by atomic mass is 16.5. The second-order valence-corrected chi connectivity index (χ2v) is 5.65. The maximum absolute atomic E-state index is 12.2. The van der Waals surface area contributed by atoms with Crippen LogP contribution in [0.15, 0.2) is 42.5 Å². The van der Waals surface area contributed by atoms with E-state index in [-0.39, 0.29) is 12.2 Å². The Morgan fingerprint density at radius 2 is 1.69 bits per heavy atom. The number of rotatable bonds is 4. The van der Waals surface area contributed by atoms with E-state index in [4.69, 9.17) is 4.74 Å². The first kappa shape index (κ1) is 19.0. The molecule has 2 aromatic carbocycles. The molecule has 0 fully saturated rings. The molecule has 0 spiro atoms. The lowest BCUT2D eigenvalue weighted by Gasteiger charge is -2.11. The molecule has 0 saturated carbocycles. The van der Waals surface area contributed by atoms with Gasteiger partial charge in [0.25, 0.3) is 11.8 Å². The second-order valence-electron chi connectivity index (χ2n) is 5.65. The highest BCUT2D eigenvalue weighted by Gasteiger charge is 2.12. The van der Waals surface area contributed by atoms with Gasteiger partial charge >= 0.3 is 6.09 Å². The minimum absolute atomic E-state index is 0.246. The van der Waals surface area contributed by atoms with Crippen molar-refractivity contribution in [3.05, 3.63) is 64.7 Å². The Morgan fingerprint density at radius 3 is 2.38 bits per heavy atom. The zero-order valence-corrected chi connectivity index (χ0v) is 14.9. The van der Waals surface area contributed by atoms with Crippen LogP contribution in [-0.2, 0) is 4.74 Å². The van der Waals surface area contributed by atoms with E-state index in [0.717, 1.165) is 11.1 Å². The Hall–Kier alpha value is -3.35. The van der Waals surface area contributed by atoms with E-state index >= 15 is 0 Å². The van der Waals surface area contributed by atoms with Gasteiger partial charge < -0.3 is 4.74 Å². The average molecular weight is 355 g/mol. The number of carbonyl (C=O) groups excluding carboxylic acids is 3. The quantitative estimate of drug-likeness (QED) is 0.735. The van der Waals surface area contributed by atoms with Gasteiger partial charge in [0.05, 0.1) is 6.61 Å². The van der Waals surface area contributed by atoms with Gasteiger partial charge in [-0.15, -0.1) is 0 Å². The monoisotopic (exact) mass is 355 g/mol. The molecule has 136 valence electrons. The van der Waals surface area contributed by atoms with Gasteiger partial charge in [-0.3, -0.25) is 25.8 Å². The summed E-state index contributed by atoms with van der Waals surface area (Å²) in [6.45, 7) is 5.71. The third-order valence-electron chi connectivity index (χ3n) is 3.56. The number of benzene rings is 2. The van der Waals surface area contributed by atoms with Crippen LogP contribution in [0.1, 0.15) is 38.8 Å². The Labute approximate surface area is 151 Å². The van der Waals surface area contributed by atoms with Crippen molar-refractivity contribution in [2.45, 2.75) is 20.8 Å². The van der Waals surface area contributed by atoms with Crippen molar-refractivity contribution in [3.8, 4) is 0 Å². The molecule has 0 saturated heterocycles. The molecular weight excluding hydrogens is 334 g/mol. The first-order valence-electron chi connectivity index (χ1n) is 8.12. The van der Waals surface area contributed by atoms with Crippen LogP contribution in [0, 0.1) is 13.8 Å². The molecule has 26 heavy (non-hydrogen) atoms. The summed E-state index contributed by atoms with van der Waals surface area (Å²) < 4.78 is 4.79. The highest BCUT2D eigenvalue weighted by Crippen LogP contribution is 2.12. The van der Waals surface area contributed by atoms with Crippen LogP contribution in [0.5, 0.6) is 0 Å². The van der Waals surface area contributed by atoms with Crippen LogP contribution < -0.4 is 16.2 Å². The van der Waals surface area contributed by atoms with E-state index in [9.17, 15) is 14.4 Å². The molecule has 2 aromatic rings. The van der Waals surface area contributed by atoms with Gasteiger partial charge in [-0.2, -0.15) is 0 Å². The maximum Gasteiger partial charge on any atom is 0.411 e. The molecule has 0 radical (unpaired) electrons. The van der Waals surface area contributed by atoms with Gasteiger partial charge in [0.2, 0.25) is 0 Å². The number of hydrogen-bond donors (Lipinski definition) is 3. The highest BCUT2D eigenvalue weighted by molar-refractivity contribution is 6.00. The molecule has 0 heterocycles. The van der Waals surface area contributed by atoms with Crippen LogP contribution in [0.3, 0.4) is 0 Å². The van der Waals surface area contributed by atoms with Gasteiger partial charge in [-0.25, -0.2) is 4.79 Å². The van der Waals surface area contributed by atoms with Crippen LogP contribution in [0.4, 0.5) is 10.5 Å². The summed E-state index contributed by atoms with van der Waals surface area (Å²) in [5, 5.41) is 2.51. The first-order valence-corrected chi connectivity index (χ1v) is 8.12. The smallest absolute Gasteiger partial charge is 0.411 e. The van der Waals surface area contributed by atoms with Crippen molar-refractivity contribution in [2.24, 2.45) is 0 Å². The lowest BCUT2D eigenvalue weighted by atomic mass is 10.1. The minimum Gasteiger partial charge on any atom is -0.450 e. The third kappa shape index (κ3) is 5.07. The number of hydrazine groups is 1. The van der Waals surface area contributed by atoms with Gasteiger partial charge in [-0.05, 0) is 50.6 Å². The fourth-order valence-electron chi connectivity index (χ4n) is 2.34. The zero-order valence-electron chi connectivity index (χ0n) is 14.9. The van der Waals surface area contributed by atoms with Crippen LogP contribution in [-0.4, -0.2) is 24.5 Å². The number of anilines is 1. The largest absolute Gasteiger partial charge is 0.450 e. The Bertz CT molecular complexity index is 833. The molecule has 7 nitrogen and oxygen atoms in total. The predicted molar refractivity (Wildman–Crippen MR) is 97.9 cm³/mol. The average Bonchev–Trinajstić information content (AvgIpc) is 2.59. The van der Waals surface area contributed by atoms with Crippen LogP contribution in [0.25, 0.3) is 0 Å². The van der Waals surface area contributed by atoms with Crippen molar-refractivity contribution >= 4 is 23.6 Å². The van der Waals surface area contributed by atoms with E-state index in [1.807, 2.05) is 26.0 Å². The molecule has 0 aliphatic heterocycles. The predicted octanol–water partition coefficient (Wildman–Crippen LogP) is 2.95. The third-order valence-corrected chi connectivity index (χ3v) is 3.56. The van der Waals surface area contributed by atoms with E-state index in [1.165, 1.54) is 6.07 Å². The van der Waals surface area contributed by atoms with Crippen molar-refractivity contribution < 1.29 is 19.1 Å². The molecule has 0 aliphatic carbocycles. The SMILES string of the molecule is CCOC(=O)Nc1cccc(C(=O)NNC(=O)c2ccc(C)cc2C)c1. The number of hydrogen-bond acceptors (Lipinski definition) is 4. The number of amides is 3. The molecule has 0 atom stereocenters. The number of nitrogens with one attached hydrogen (secondary N) is 3. The van der Waals surface area contributed by atoms with Gasteiger partial charge in [0.1, 0.15) is 0 Å². The standard InChI is InChI=1S/C19H21N3O4/c1-4-26-19(25)20-15-7-5-6-14(11-15)17(23)21-22-18(24)16-9-8-12(2)10-13(16)3/h5-11H,4H2,1-3H3,(H,20,25)(H,21,23)(H,22,24). The Balaban J connectivity index is 1.99. The fourth-order valence-corrected chi connectivity index (χ4v) is 2.34. The van der Waals surface area contributed by atoms with Gasteiger partial charge in [0, 0.05) is 16.8 Å². The van der Waals surface area contributed by atoms with Gasteiger partial charge in [-0.1, -0.05) is 23.8 Å². The summed E-state index contributed by atoms with van der Waals surface area (Å²) >= 11 is 0. The molecule has 3 amide bonds. The minimum atomic E-state index is -0.604. The van der Waals surface area contributed by atoms with Crippen molar-refractivity contribution in [3.63, 3.8) is 0 Å². The van der Waals surface area contributed by atoms with E-state index in [1.54, 1.807) is 31.2 Å². The molecule has 3 N–H and O–H groups in total. The van der Waals surface area contributed by atoms with Crippen LogP contribution >= 0.6 is 0 Å². The molecule has 7 heteroatoms. The molecule has 0 aromatic heterocycles. The van der Waals surface area contributed by atoms with E-state index < -0.39 is 17.9 Å². The number of carbonyl (C=O) groups is 3. The summed E-state index contributed by atoms with van der Waals surface area (Å²) in [6, 6.07) is 11.7. The maximum atomic E-state index is 12.2. The normalized spacial score (nSPS) is 9.96. The van der Waals surface area contributed by atoms with Gasteiger partial charge in [0.15, 0.2) is 0 Å². The summed E-state index contributed by atoms with van der Waals surface area (Å²) in [5.74, 6) is -0.910. The van der Waals surface area contributed by atoms with Crippen LogP contribution in [0.2, 0.25) is 0 Å². The van der Waals surface area contributed by atoms with Crippen molar-refractivity contribution in [2.75, 3.05) is 11.9 Å². The molecular formula is C19H21N3O4. The summed E-state index contributed by atoms with van der Waals surface area (Å²) in [5.41, 5.74) is 7.79. The Kier molecular flexibility index (Phi) is 6.32. The molecule has 0 bridgehead atoms. The lowest BCUT2D eigenvalue weighted by molar-refractivity contribution is 0.0846. The summed E-state index contributed by atoms with van der Waals surface area (Å²) in [6.07, 6.45) is -0.604. The topological polar surface area (TPSA) is 96.5 Å². The summed E-state index contributed by atoms with van der Waals surface area (Å²) in [4.78, 5) is 35.8. The van der Waals surface area contributed by atoms with Crippen molar-refractivity contribution in [1.82, 2.24) is 10.9 Å². The van der Waals surface area contributed by atoms with Crippen molar-refractivity contribution in [1.29, 1.82) is 0 Å². The molecule has 0 aliphatic rings. The number of aryl methyl sites for hydroxylation is 2. The second kappa shape index (κ2) is 8.66. The first-order chi connectivity index (χ1) is 12.4. The summed E-state index contributed by atoms with van der Waals surface area (Å²) in [7, 11) is 0. The van der Waals surface area contributed by atoms with E-state index in [2.05, 4.69) is 16.2 Å². The molecule has 0 unspecified atom stereocenters. The van der Waals surface area contributed by atoms with E-state index in [0.29, 0.717) is 11.3 Å².